The molecule has 2 heterocycles. The van der Waals surface area contributed by atoms with Crippen molar-refractivity contribution in [1.29, 1.82) is 0 Å². The summed E-state index contributed by atoms with van der Waals surface area (Å²) in [6.45, 7) is 6.33. The third-order valence-corrected chi connectivity index (χ3v) is 6.36. The van der Waals surface area contributed by atoms with E-state index in [1.807, 2.05) is 57.2 Å². The summed E-state index contributed by atoms with van der Waals surface area (Å²) < 4.78 is 8.18. The molecule has 174 valence electrons. The Kier molecular flexibility index (Phi) is 6.36. The summed E-state index contributed by atoms with van der Waals surface area (Å²) in [6.07, 6.45) is -0.429. The summed E-state index contributed by atoms with van der Waals surface area (Å²) in [5.41, 5.74) is -0.180. The van der Waals surface area contributed by atoms with Gasteiger partial charge in [-0.1, -0.05) is 60.7 Å². The summed E-state index contributed by atoms with van der Waals surface area (Å²) in [4.78, 5) is 45.9. The van der Waals surface area contributed by atoms with E-state index in [1.54, 1.807) is 29.2 Å². The molecule has 2 aliphatic heterocycles. The van der Waals surface area contributed by atoms with Crippen LogP contribution in [0.25, 0.3) is 0 Å². The van der Waals surface area contributed by atoms with Crippen LogP contribution >= 0.6 is 11.9 Å². The Morgan fingerprint density at radius 3 is 2.33 bits per heavy atom. The number of hydrogen-bond donors (Lipinski definition) is 1. The molecular weight excluding hydrogens is 442 g/mol. The maximum absolute atomic E-state index is 13.2. The second-order valence-corrected chi connectivity index (χ2v) is 9.88. The summed E-state index contributed by atoms with van der Waals surface area (Å²) in [5, 5.41) is 0.998. The quantitative estimate of drug-likeness (QED) is 0.664. The van der Waals surface area contributed by atoms with E-state index in [0.29, 0.717) is 24.1 Å². The number of carbonyl (C=O) groups is 3. The topological polar surface area (TPSA) is 88.2 Å². The number of hydrogen-bond acceptors (Lipinski definition) is 6. The van der Waals surface area contributed by atoms with Crippen molar-refractivity contribution in [1.82, 2.24) is 14.7 Å². The molecule has 0 aromatic heterocycles. The van der Waals surface area contributed by atoms with Crippen molar-refractivity contribution in [2.75, 3.05) is 19.7 Å². The van der Waals surface area contributed by atoms with Gasteiger partial charge in [0.2, 0.25) is 5.12 Å². The molecule has 2 unspecified atom stereocenters. The minimum atomic E-state index is -0.890. The average Bonchev–Trinajstić information content (AvgIpc) is 3.34. The highest BCUT2D eigenvalue weighted by Crippen LogP contribution is 2.47. The molecule has 3 amide bonds. The van der Waals surface area contributed by atoms with Gasteiger partial charge in [0.05, 0.1) is 13.2 Å². The van der Waals surface area contributed by atoms with Gasteiger partial charge < -0.3 is 9.64 Å². The Bertz CT molecular complexity index is 1030. The van der Waals surface area contributed by atoms with Crippen LogP contribution in [0.15, 0.2) is 60.7 Å². The fraction of sp³-hybridized carbons (Fsp3) is 0.375. The van der Waals surface area contributed by atoms with Crippen molar-refractivity contribution in [3.8, 4) is 0 Å². The molecule has 9 heteroatoms. The third kappa shape index (κ3) is 4.69. The molecule has 33 heavy (non-hydrogen) atoms. The van der Waals surface area contributed by atoms with Gasteiger partial charge in [-0.05, 0) is 26.3 Å². The lowest BCUT2D eigenvalue weighted by atomic mass is 9.81. The lowest BCUT2D eigenvalue weighted by Crippen LogP contribution is -2.52. The van der Waals surface area contributed by atoms with Crippen LogP contribution in [0.5, 0.6) is 0 Å². The standard InChI is InChI=1S/C24H27N3O5S/c1-23(2,3)32-22(30)26-14-19-15-31-27(24(19,16-26)18-12-8-5-9-13-18)21(29)25-33-20(28)17-10-6-4-7-11-17/h4-13,19H,14-16H2,1-3H3,(H,25,29). The van der Waals surface area contributed by atoms with E-state index in [2.05, 4.69) is 4.72 Å². The number of urea groups is 1. The predicted molar refractivity (Wildman–Crippen MR) is 124 cm³/mol. The van der Waals surface area contributed by atoms with E-state index in [4.69, 9.17) is 9.57 Å². The van der Waals surface area contributed by atoms with Crippen LogP contribution in [-0.2, 0) is 15.1 Å². The van der Waals surface area contributed by atoms with E-state index in [0.717, 1.165) is 5.56 Å². The predicted octanol–water partition coefficient (Wildman–Crippen LogP) is 4.19. The number of carbonyl (C=O) groups excluding carboxylic acids is 3. The van der Waals surface area contributed by atoms with Crippen molar-refractivity contribution in [2.24, 2.45) is 5.92 Å². The number of benzene rings is 2. The molecule has 2 aliphatic rings. The fourth-order valence-corrected chi connectivity index (χ4v) is 4.76. The Labute approximate surface area is 197 Å². The summed E-state index contributed by atoms with van der Waals surface area (Å²) in [6, 6.07) is 17.7. The minimum Gasteiger partial charge on any atom is -0.444 e. The fourth-order valence-electron chi connectivity index (χ4n) is 4.24. The van der Waals surface area contributed by atoms with Crippen molar-refractivity contribution < 1.29 is 24.0 Å². The van der Waals surface area contributed by atoms with Gasteiger partial charge >= 0.3 is 12.1 Å². The van der Waals surface area contributed by atoms with Crippen LogP contribution in [-0.4, -0.2) is 52.5 Å². The highest BCUT2D eigenvalue weighted by Gasteiger charge is 2.60. The molecule has 0 spiro atoms. The first-order valence-electron chi connectivity index (χ1n) is 10.7. The van der Waals surface area contributed by atoms with Crippen LogP contribution in [0.2, 0.25) is 0 Å². The van der Waals surface area contributed by atoms with Gasteiger partial charge in [-0.3, -0.25) is 14.4 Å². The third-order valence-electron chi connectivity index (χ3n) is 5.67. The number of nitrogens with one attached hydrogen (secondary N) is 1. The largest absolute Gasteiger partial charge is 0.444 e. The molecule has 0 aliphatic carbocycles. The number of likely N-dealkylation sites (tertiary alicyclic amines) is 1. The van der Waals surface area contributed by atoms with Crippen molar-refractivity contribution >= 4 is 29.2 Å². The molecule has 1 N–H and O–H groups in total. The Hall–Kier alpha value is -3.04. The highest BCUT2D eigenvalue weighted by atomic mass is 32.2. The van der Waals surface area contributed by atoms with Gasteiger partial charge in [0.15, 0.2) is 0 Å². The first kappa shape index (κ1) is 23.1. The molecule has 0 bridgehead atoms. The molecule has 2 saturated heterocycles. The number of fused-ring (bicyclic) bond motifs is 1. The maximum atomic E-state index is 13.2. The maximum Gasteiger partial charge on any atom is 0.410 e. The van der Waals surface area contributed by atoms with E-state index in [1.165, 1.54) is 5.06 Å². The van der Waals surface area contributed by atoms with Crippen LogP contribution in [0.3, 0.4) is 0 Å². The molecule has 8 nitrogen and oxygen atoms in total. The number of nitrogens with zero attached hydrogens (tertiary/aromatic N) is 2. The van der Waals surface area contributed by atoms with E-state index in [9.17, 15) is 14.4 Å². The first-order valence-corrected chi connectivity index (χ1v) is 11.5. The van der Waals surface area contributed by atoms with Gasteiger partial charge in [-0.25, -0.2) is 9.59 Å². The second-order valence-electron chi connectivity index (χ2n) is 9.10. The Balaban J connectivity index is 1.56. The van der Waals surface area contributed by atoms with Crippen LogP contribution in [0.1, 0.15) is 36.7 Å². The van der Waals surface area contributed by atoms with Gasteiger partial charge in [-0.15, -0.1) is 0 Å². The summed E-state index contributed by atoms with van der Waals surface area (Å²) in [5.74, 6) is -0.145. The molecule has 2 aromatic carbocycles. The summed E-state index contributed by atoms with van der Waals surface area (Å²) >= 11 is 0.702. The second kappa shape index (κ2) is 9.07. The molecule has 4 rings (SSSR count). The van der Waals surface area contributed by atoms with E-state index in [-0.39, 0.29) is 24.2 Å². The molecule has 0 saturated carbocycles. The molecule has 2 atom stereocenters. The number of hydroxylamine groups is 2. The lowest BCUT2D eigenvalue weighted by Gasteiger charge is -2.36. The molecule has 0 radical (unpaired) electrons. The van der Waals surface area contributed by atoms with Gasteiger partial charge in [0.25, 0.3) is 0 Å². The average molecular weight is 470 g/mol. The van der Waals surface area contributed by atoms with Crippen LogP contribution in [0, 0.1) is 5.92 Å². The van der Waals surface area contributed by atoms with Gasteiger partial charge in [0, 0.05) is 30.0 Å². The van der Waals surface area contributed by atoms with Gasteiger partial charge in [-0.2, -0.15) is 5.06 Å². The Morgan fingerprint density at radius 2 is 1.70 bits per heavy atom. The van der Waals surface area contributed by atoms with Crippen molar-refractivity contribution in [2.45, 2.75) is 31.9 Å². The zero-order chi connectivity index (χ0) is 23.6. The van der Waals surface area contributed by atoms with Crippen LogP contribution < -0.4 is 4.72 Å². The SMILES string of the molecule is CC(C)(C)OC(=O)N1CC2CON(C(=O)NSC(=O)c3ccccc3)C2(c2ccccc2)C1. The van der Waals surface area contributed by atoms with Crippen molar-refractivity contribution in [3.63, 3.8) is 0 Å². The molecule has 2 aromatic rings. The number of ether oxygens (including phenoxy) is 1. The van der Waals surface area contributed by atoms with Gasteiger partial charge in [0.1, 0.15) is 11.1 Å². The molecular formula is C24H27N3O5S. The van der Waals surface area contributed by atoms with E-state index < -0.39 is 23.3 Å². The zero-order valence-corrected chi connectivity index (χ0v) is 19.6. The monoisotopic (exact) mass is 469 g/mol. The number of rotatable bonds is 2. The van der Waals surface area contributed by atoms with E-state index >= 15 is 0 Å². The normalized spacial score (nSPS) is 22.1. The number of amides is 3. The van der Waals surface area contributed by atoms with Crippen LogP contribution in [0.4, 0.5) is 9.59 Å². The van der Waals surface area contributed by atoms with Crippen molar-refractivity contribution in [3.05, 3.63) is 71.8 Å². The first-order chi connectivity index (χ1) is 15.7. The molecule has 2 fully saturated rings. The smallest absolute Gasteiger partial charge is 0.410 e. The lowest BCUT2D eigenvalue weighted by molar-refractivity contribution is -0.122. The zero-order valence-electron chi connectivity index (χ0n) is 18.8. The Morgan fingerprint density at radius 1 is 1.06 bits per heavy atom. The minimum absolute atomic E-state index is 0.145. The highest BCUT2D eigenvalue weighted by molar-refractivity contribution is 8.12. The summed E-state index contributed by atoms with van der Waals surface area (Å²) in [7, 11) is 0.